The van der Waals surface area contributed by atoms with Crippen LogP contribution in [0.1, 0.15) is 35.6 Å². The van der Waals surface area contributed by atoms with Crippen molar-refractivity contribution in [2.75, 3.05) is 13.1 Å². The zero-order valence-electron chi connectivity index (χ0n) is 15.0. The standard InChI is InChI=1S/C16H20N4O5S/c1-5-18(6-2)26(24,25)15-11(3)17-19(12(15)4)16(21)13-9-7-8-10-14(13)20(22)23/h7-10H,5-6H2,1-4H3. The SMILES string of the molecule is CCN(CC)S(=O)(=O)c1c(C)nn(C(=O)c2ccccc2[N+](=O)[O-])c1C. The fraction of sp³-hybridized carbons (Fsp3) is 0.375. The molecule has 1 aromatic carbocycles. The summed E-state index contributed by atoms with van der Waals surface area (Å²) >= 11 is 0. The van der Waals surface area contributed by atoms with Crippen molar-refractivity contribution in [1.29, 1.82) is 0 Å². The highest BCUT2D eigenvalue weighted by Crippen LogP contribution is 2.25. The second kappa shape index (κ2) is 7.34. The van der Waals surface area contributed by atoms with Crippen molar-refractivity contribution in [2.45, 2.75) is 32.6 Å². The second-order valence-corrected chi connectivity index (χ2v) is 7.46. The lowest BCUT2D eigenvalue weighted by atomic mass is 10.1. The van der Waals surface area contributed by atoms with Gasteiger partial charge in [-0.1, -0.05) is 26.0 Å². The summed E-state index contributed by atoms with van der Waals surface area (Å²) < 4.78 is 27.9. The van der Waals surface area contributed by atoms with Gasteiger partial charge in [0.05, 0.1) is 16.3 Å². The number of nitro groups is 1. The highest BCUT2D eigenvalue weighted by Gasteiger charge is 2.32. The van der Waals surface area contributed by atoms with E-state index in [0.717, 1.165) is 4.68 Å². The molecule has 0 aliphatic heterocycles. The molecule has 9 nitrogen and oxygen atoms in total. The van der Waals surface area contributed by atoms with Crippen molar-refractivity contribution in [3.8, 4) is 0 Å². The molecule has 0 fully saturated rings. The third kappa shape index (κ3) is 3.25. The Kier molecular flexibility index (Phi) is 5.57. The van der Waals surface area contributed by atoms with E-state index in [9.17, 15) is 23.3 Å². The Bertz CT molecular complexity index is 961. The maximum absolute atomic E-state index is 12.8. The van der Waals surface area contributed by atoms with E-state index in [1.807, 2.05) is 0 Å². The number of aryl methyl sites for hydroxylation is 1. The first-order valence-corrected chi connectivity index (χ1v) is 9.45. The summed E-state index contributed by atoms with van der Waals surface area (Å²) in [6, 6.07) is 5.48. The molecule has 140 valence electrons. The third-order valence-electron chi connectivity index (χ3n) is 4.05. The van der Waals surface area contributed by atoms with Crippen LogP contribution in [0.15, 0.2) is 29.2 Å². The molecular formula is C16H20N4O5S. The third-order valence-corrected chi connectivity index (χ3v) is 6.35. The van der Waals surface area contributed by atoms with Crippen molar-refractivity contribution < 1.29 is 18.1 Å². The molecule has 0 radical (unpaired) electrons. The Morgan fingerprint density at radius 3 is 2.35 bits per heavy atom. The van der Waals surface area contributed by atoms with Gasteiger partial charge in [0.2, 0.25) is 10.0 Å². The molecule has 0 N–H and O–H groups in total. The van der Waals surface area contributed by atoms with Crippen LogP contribution in [0.25, 0.3) is 0 Å². The average Bonchev–Trinajstić information content (AvgIpc) is 2.90. The number of sulfonamides is 1. The summed E-state index contributed by atoms with van der Waals surface area (Å²) in [5.41, 5.74) is -0.230. The van der Waals surface area contributed by atoms with Crippen LogP contribution in [-0.4, -0.2) is 46.4 Å². The van der Waals surface area contributed by atoms with E-state index in [-0.39, 0.29) is 40.6 Å². The number of benzene rings is 1. The normalized spacial score (nSPS) is 11.7. The highest BCUT2D eigenvalue weighted by atomic mass is 32.2. The van der Waals surface area contributed by atoms with Crippen molar-refractivity contribution in [1.82, 2.24) is 14.1 Å². The number of hydrogen-bond acceptors (Lipinski definition) is 6. The summed E-state index contributed by atoms with van der Waals surface area (Å²) in [7, 11) is -3.82. The molecule has 0 amide bonds. The van der Waals surface area contributed by atoms with Crippen LogP contribution in [0.4, 0.5) is 5.69 Å². The van der Waals surface area contributed by atoms with Gasteiger partial charge in [-0.15, -0.1) is 0 Å². The average molecular weight is 380 g/mol. The lowest BCUT2D eigenvalue weighted by Crippen LogP contribution is -2.31. The number of hydrogen-bond donors (Lipinski definition) is 0. The Morgan fingerprint density at radius 2 is 1.81 bits per heavy atom. The number of aromatic nitrogens is 2. The fourth-order valence-electron chi connectivity index (χ4n) is 2.82. The molecule has 0 saturated heterocycles. The van der Waals surface area contributed by atoms with Crippen molar-refractivity contribution in [2.24, 2.45) is 0 Å². The van der Waals surface area contributed by atoms with Crippen LogP contribution in [0, 0.1) is 24.0 Å². The van der Waals surface area contributed by atoms with Gasteiger partial charge >= 0.3 is 0 Å². The molecule has 1 aromatic heterocycles. The number of para-hydroxylation sites is 1. The van der Waals surface area contributed by atoms with E-state index in [4.69, 9.17) is 0 Å². The molecule has 0 aliphatic carbocycles. The van der Waals surface area contributed by atoms with Gasteiger partial charge in [-0.25, -0.2) is 8.42 Å². The van der Waals surface area contributed by atoms with E-state index in [1.54, 1.807) is 13.8 Å². The van der Waals surface area contributed by atoms with Crippen LogP contribution in [0.2, 0.25) is 0 Å². The molecule has 0 bridgehead atoms. The summed E-state index contributed by atoms with van der Waals surface area (Å²) in [4.78, 5) is 23.2. The van der Waals surface area contributed by atoms with Crippen LogP contribution < -0.4 is 0 Å². The minimum absolute atomic E-state index is 0.0480. The molecule has 0 aliphatic rings. The number of carbonyl (C=O) groups is 1. The predicted molar refractivity (Wildman–Crippen MR) is 94.6 cm³/mol. The highest BCUT2D eigenvalue weighted by molar-refractivity contribution is 7.89. The van der Waals surface area contributed by atoms with Gasteiger partial charge in [0.15, 0.2) is 0 Å². The maximum atomic E-state index is 12.8. The lowest BCUT2D eigenvalue weighted by Gasteiger charge is -2.18. The minimum atomic E-state index is -3.82. The van der Waals surface area contributed by atoms with E-state index < -0.39 is 20.9 Å². The molecular weight excluding hydrogens is 360 g/mol. The predicted octanol–water partition coefficient (Wildman–Crippen LogP) is 2.13. The molecule has 0 atom stereocenters. The smallest absolute Gasteiger partial charge is 0.266 e. The van der Waals surface area contributed by atoms with Gasteiger partial charge in [-0.2, -0.15) is 14.1 Å². The maximum Gasteiger partial charge on any atom is 0.285 e. The van der Waals surface area contributed by atoms with Gasteiger partial charge in [0, 0.05) is 19.2 Å². The minimum Gasteiger partial charge on any atom is -0.266 e. The molecule has 2 aromatic rings. The summed E-state index contributed by atoms with van der Waals surface area (Å²) in [6.45, 7) is 6.95. The van der Waals surface area contributed by atoms with E-state index >= 15 is 0 Å². The molecule has 2 rings (SSSR count). The van der Waals surface area contributed by atoms with Crippen molar-refractivity contribution >= 4 is 21.6 Å². The molecule has 26 heavy (non-hydrogen) atoms. The van der Waals surface area contributed by atoms with Crippen LogP contribution in [-0.2, 0) is 10.0 Å². The van der Waals surface area contributed by atoms with E-state index in [0.29, 0.717) is 0 Å². The number of nitro benzene ring substituents is 1. The van der Waals surface area contributed by atoms with Gasteiger partial charge in [-0.3, -0.25) is 14.9 Å². The van der Waals surface area contributed by atoms with Gasteiger partial charge in [0.1, 0.15) is 10.5 Å². The molecule has 10 heteroatoms. The van der Waals surface area contributed by atoms with Gasteiger partial charge < -0.3 is 0 Å². The fourth-order valence-corrected chi connectivity index (χ4v) is 4.63. The van der Waals surface area contributed by atoms with Gasteiger partial charge in [0.25, 0.3) is 11.6 Å². The molecule has 0 spiro atoms. The topological polar surface area (TPSA) is 115 Å². The largest absolute Gasteiger partial charge is 0.285 e. The van der Waals surface area contributed by atoms with Crippen LogP contribution in [0.3, 0.4) is 0 Å². The van der Waals surface area contributed by atoms with Gasteiger partial charge in [-0.05, 0) is 19.9 Å². The van der Waals surface area contributed by atoms with Crippen molar-refractivity contribution in [3.63, 3.8) is 0 Å². The monoisotopic (exact) mass is 380 g/mol. The summed E-state index contributed by atoms with van der Waals surface area (Å²) in [5, 5.41) is 15.2. The summed E-state index contributed by atoms with van der Waals surface area (Å²) in [6.07, 6.45) is 0. The van der Waals surface area contributed by atoms with Crippen molar-refractivity contribution in [3.05, 3.63) is 51.3 Å². The zero-order valence-corrected chi connectivity index (χ0v) is 15.8. The first-order valence-electron chi connectivity index (χ1n) is 8.01. The first-order chi connectivity index (χ1) is 12.2. The van der Waals surface area contributed by atoms with Crippen LogP contribution >= 0.6 is 0 Å². The Hall–Kier alpha value is -2.59. The quantitative estimate of drug-likeness (QED) is 0.560. The van der Waals surface area contributed by atoms with E-state index in [2.05, 4.69) is 5.10 Å². The Labute approximate surface area is 151 Å². The number of rotatable bonds is 6. The van der Waals surface area contributed by atoms with Crippen LogP contribution in [0.5, 0.6) is 0 Å². The number of nitrogens with zero attached hydrogens (tertiary/aromatic N) is 4. The summed E-state index contributed by atoms with van der Waals surface area (Å²) in [5.74, 6) is -0.751. The Morgan fingerprint density at radius 1 is 1.23 bits per heavy atom. The van der Waals surface area contributed by atoms with E-state index in [1.165, 1.54) is 42.4 Å². The first kappa shape index (κ1) is 19.7. The molecule has 1 heterocycles. The Balaban J connectivity index is 2.62. The zero-order chi connectivity index (χ0) is 19.6. The molecule has 0 saturated carbocycles. The second-order valence-electron chi connectivity index (χ2n) is 5.58. The molecule has 0 unspecified atom stereocenters. The lowest BCUT2D eigenvalue weighted by molar-refractivity contribution is -0.385. The number of carbonyl (C=O) groups excluding carboxylic acids is 1.